The van der Waals surface area contributed by atoms with Crippen molar-refractivity contribution in [3.8, 4) is 0 Å². The number of hydrogen-bond donors (Lipinski definition) is 1. The fourth-order valence-electron chi connectivity index (χ4n) is 2.80. The van der Waals surface area contributed by atoms with Gasteiger partial charge in [0.25, 0.3) is 5.91 Å². The molecule has 3 aromatic rings. The third kappa shape index (κ3) is 6.42. The number of nitrogens with zero attached hydrogens (tertiary/aromatic N) is 1. The molecule has 0 atom stereocenters. The molecule has 152 valence electrons. The molecule has 0 saturated heterocycles. The lowest BCUT2D eigenvalue weighted by atomic mass is 10.1. The van der Waals surface area contributed by atoms with Gasteiger partial charge in [0, 0.05) is 22.6 Å². The van der Waals surface area contributed by atoms with Gasteiger partial charge >= 0.3 is 0 Å². The second kappa shape index (κ2) is 10.6. The van der Waals surface area contributed by atoms with E-state index in [2.05, 4.69) is 15.7 Å². The molecule has 3 rings (SSSR count). The molecule has 2 aromatic carbocycles. The minimum atomic E-state index is -0.0675. The Hall–Kier alpha value is -2.15. The van der Waals surface area contributed by atoms with Crippen LogP contribution >= 0.6 is 23.1 Å². The van der Waals surface area contributed by atoms with Crippen LogP contribution in [0.1, 0.15) is 46.0 Å². The lowest BCUT2D eigenvalue weighted by Gasteiger charge is -2.14. The van der Waals surface area contributed by atoms with Crippen molar-refractivity contribution in [3.05, 3.63) is 81.3 Å². The van der Waals surface area contributed by atoms with Crippen molar-refractivity contribution >= 4 is 29.0 Å². The first-order valence-electron chi connectivity index (χ1n) is 9.62. The topological polar surface area (TPSA) is 51.2 Å². The van der Waals surface area contributed by atoms with Gasteiger partial charge < -0.3 is 10.1 Å². The van der Waals surface area contributed by atoms with Crippen LogP contribution in [0.3, 0.4) is 0 Å². The van der Waals surface area contributed by atoms with Crippen LogP contribution in [-0.4, -0.2) is 17.0 Å². The lowest BCUT2D eigenvalue weighted by molar-refractivity contribution is 0.0651. The van der Waals surface area contributed by atoms with Crippen molar-refractivity contribution in [3.63, 3.8) is 0 Å². The highest BCUT2D eigenvalue weighted by Gasteiger charge is 2.13. The van der Waals surface area contributed by atoms with Crippen LogP contribution in [0.2, 0.25) is 0 Å². The van der Waals surface area contributed by atoms with Gasteiger partial charge in [-0.1, -0.05) is 36.4 Å². The Morgan fingerprint density at radius 3 is 2.59 bits per heavy atom. The third-order valence-corrected chi connectivity index (χ3v) is 6.23. The summed E-state index contributed by atoms with van der Waals surface area (Å²) in [5, 5.41) is 6.20. The van der Waals surface area contributed by atoms with Gasteiger partial charge in [-0.2, -0.15) is 0 Å². The van der Waals surface area contributed by atoms with Crippen molar-refractivity contribution in [1.82, 2.24) is 10.3 Å². The lowest BCUT2D eigenvalue weighted by Crippen LogP contribution is -2.24. The number of amides is 1. The Morgan fingerprint density at radius 1 is 1.14 bits per heavy atom. The maximum atomic E-state index is 12.9. The molecule has 1 aromatic heterocycles. The minimum absolute atomic E-state index is 0.0675. The van der Waals surface area contributed by atoms with Gasteiger partial charge in [-0.3, -0.25) is 4.79 Å². The van der Waals surface area contributed by atoms with Gasteiger partial charge in [-0.05, 0) is 44.0 Å². The molecule has 4 nitrogen and oxygen atoms in total. The van der Waals surface area contributed by atoms with Crippen LogP contribution in [0.15, 0.2) is 58.8 Å². The highest BCUT2D eigenvalue weighted by atomic mass is 32.2. The normalized spacial score (nSPS) is 11.0. The van der Waals surface area contributed by atoms with Crippen molar-refractivity contribution < 1.29 is 9.53 Å². The van der Waals surface area contributed by atoms with E-state index in [0.29, 0.717) is 18.7 Å². The molecule has 0 radical (unpaired) electrons. The molecule has 0 spiro atoms. The van der Waals surface area contributed by atoms with E-state index in [1.807, 2.05) is 69.3 Å². The van der Waals surface area contributed by atoms with Crippen LogP contribution < -0.4 is 5.32 Å². The molecule has 0 bridgehead atoms. The number of thioether (sulfide) groups is 1. The molecule has 0 aliphatic heterocycles. The maximum Gasteiger partial charge on any atom is 0.252 e. The Labute approximate surface area is 180 Å². The van der Waals surface area contributed by atoms with Gasteiger partial charge in [-0.15, -0.1) is 23.1 Å². The van der Waals surface area contributed by atoms with Crippen LogP contribution in [0.4, 0.5) is 0 Å². The molecule has 0 fully saturated rings. The standard InChI is InChI=1S/C23H26N2O2S2/c1-16(2)27-13-19-9-5-4-8-18(19)12-24-23(26)21-10-6-7-11-22(21)29-15-20-14-28-17(3)25-20/h4-11,14,16H,12-13,15H2,1-3H3,(H,24,26). The Balaban J connectivity index is 1.64. The zero-order valence-corrected chi connectivity index (χ0v) is 18.6. The van der Waals surface area contributed by atoms with E-state index in [4.69, 9.17) is 4.74 Å². The molecule has 1 heterocycles. The molecule has 0 aliphatic carbocycles. The average Bonchev–Trinajstić information content (AvgIpc) is 3.15. The summed E-state index contributed by atoms with van der Waals surface area (Å²) in [6.07, 6.45) is 0.169. The number of ether oxygens (including phenoxy) is 1. The minimum Gasteiger partial charge on any atom is -0.374 e. The van der Waals surface area contributed by atoms with E-state index in [-0.39, 0.29) is 12.0 Å². The number of benzene rings is 2. The van der Waals surface area contributed by atoms with Crippen LogP contribution in [0, 0.1) is 6.92 Å². The molecule has 29 heavy (non-hydrogen) atoms. The molecule has 0 aliphatic rings. The number of aromatic nitrogens is 1. The zero-order valence-electron chi connectivity index (χ0n) is 17.0. The predicted octanol–water partition coefficient (Wildman–Crippen LogP) is 5.60. The first-order valence-corrected chi connectivity index (χ1v) is 11.5. The van der Waals surface area contributed by atoms with E-state index < -0.39 is 0 Å². The number of carbonyl (C=O) groups is 1. The number of rotatable bonds is 9. The largest absolute Gasteiger partial charge is 0.374 e. The predicted molar refractivity (Wildman–Crippen MR) is 120 cm³/mol. The highest BCUT2D eigenvalue weighted by molar-refractivity contribution is 7.98. The number of hydrogen-bond acceptors (Lipinski definition) is 5. The van der Waals surface area contributed by atoms with Gasteiger partial charge in [0.1, 0.15) is 0 Å². The molecule has 6 heteroatoms. The van der Waals surface area contributed by atoms with E-state index in [1.165, 1.54) is 0 Å². The number of nitrogens with one attached hydrogen (secondary N) is 1. The molecular weight excluding hydrogens is 400 g/mol. The van der Waals surface area contributed by atoms with Crippen molar-refractivity contribution in [2.24, 2.45) is 0 Å². The van der Waals surface area contributed by atoms with Crippen molar-refractivity contribution in [2.45, 2.75) is 50.7 Å². The summed E-state index contributed by atoms with van der Waals surface area (Å²) in [5.41, 5.74) is 3.92. The van der Waals surface area contributed by atoms with E-state index in [0.717, 1.165) is 32.5 Å². The summed E-state index contributed by atoms with van der Waals surface area (Å²) >= 11 is 3.29. The average molecular weight is 427 g/mol. The van der Waals surface area contributed by atoms with E-state index in [1.54, 1.807) is 23.1 Å². The summed E-state index contributed by atoms with van der Waals surface area (Å²) in [6, 6.07) is 15.8. The van der Waals surface area contributed by atoms with Crippen molar-refractivity contribution in [1.29, 1.82) is 0 Å². The van der Waals surface area contributed by atoms with Crippen molar-refractivity contribution in [2.75, 3.05) is 0 Å². The zero-order chi connectivity index (χ0) is 20.6. The molecule has 0 unspecified atom stereocenters. The second-order valence-corrected chi connectivity index (χ2v) is 9.03. The highest BCUT2D eigenvalue weighted by Crippen LogP contribution is 2.27. The van der Waals surface area contributed by atoms with Gasteiger partial charge in [-0.25, -0.2) is 4.98 Å². The van der Waals surface area contributed by atoms with Gasteiger partial charge in [0.2, 0.25) is 0 Å². The third-order valence-electron chi connectivity index (χ3n) is 4.30. The molecule has 1 amide bonds. The van der Waals surface area contributed by atoms with E-state index in [9.17, 15) is 4.79 Å². The number of aryl methyl sites for hydroxylation is 1. The Morgan fingerprint density at radius 2 is 1.86 bits per heavy atom. The summed E-state index contributed by atoms with van der Waals surface area (Å²) in [5.74, 6) is 0.687. The first-order chi connectivity index (χ1) is 14.0. The molecule has 0 saturated carbocycles. The van der Waals surface area contributed by atoms with Crippen LogP contribution in [0.25, 0.3) is 0 Å². The summed E-state index contributed by atoms with van der Waals surface area (Å²) in [7, 11) is 0. The number of thiazole rings is 1. The maximum absolute atomic E-state index is 12.9. The summed E-state index contributed by atoms with van der Waals surface area (Å²) in [4.78, 5) is 18.3. The van der Waals surface area contributed by atoms with Crippen LogP contribution in [0.5, 0.6) is 0 Å². The van der Waals surface area contributed by atoms with E-state index >= 15 is 0 Å². The SMILES string of the molecule is Cc1nc(CSc2ccccc2C(=O)NCc2ccccc2COC(C)C)cs1. The molecule has 1 N–H and O–H groups in total. The van der Waals surface area contributed by atoms with Gasteiger partial charge in [0.15, 0.2) is 0 Å². The molecular formula is C23H26N2O2S2. The summed E-state index contributed by atoms with van der Waals surface area (Å²) < 4.78 is 5.73. The number of carbonyl (C=O) groups excluding carboxylic acids is 1. The first kappa shape index (κ1) is 21.6. The van der Waals surface area contributed by atoms with Crippen LogP contribution in [-0.2, 0) is 23.6 Å². The fourth-order valence-corrected chi connectivity index (χ4v) is 4.46. The second-order valence-electron chi connectivity index (χ2n) is 6.95. The fraction of sp³-hybridized carbons (Fsp3) is 0.304. The summed E-state index contributed by atoms with van der Waals surface area (Å²) in [6.45, 7) is 7.06. The quantitative estimate of drug-likeness (QED) is 0.453. The van der Waals surface area contributed by atoms with Gasteiger partial charge in [0.05, 0.1) is 29.0 Å². The Bertz CT molecular complexity index is 953. The monoisotopic (exact) mass is 426 g/mol. The Kier molecular flexibility index (Phi) is 7.86. The smallest absolute Gasteiger partial charge is 0.252 e.